The predicted molar refractivity (Wildman–Crippen MR) is 77.2 cm³/mol. The molecule has 0 amide bonds. The zero-order valence-electron chi connectivity index (χ0n) is 12.3. The zero-order valence-corrected chi connectivity index (χ0v) is 12.3. The van der Waals surface area contributed by atoms with Crippen LogP contribution in [0.2, 0.25) is 0 Å². The summed E-state index contributed by atoms with van der Waals surface area (Å²) in [6.45, 7) is 5.30. The Kier molecular flexibility index (Phi) is 5.34. The number of hydrogen-bond donors (Lipinski definition) is 1. The van der Waals surface area contributed by atoms with E-state index in [4.69, 9.17) is 0 Å². The second kappa shape index (κ2) is 6.54. The van der Waals surface area contributed by atoms with Crippen LogP contribution in [0.5, 0.6) is 0 Å². The first-order valence-corrected chi connectivity index (χ1v) is 6.32. The molecule has 1 rings (SSSR count). The average molecular weight is 251 g/mol. The summed E-state index contributed by atoms with van der Waals surface area (Å²) in [6.07, 6.45) is 1.78. The van der Waals surface area contributed by atoms with Crippen LogP contribution < -0.4 is 10.2 Å². The lowest BCUT2D eigenvalue weighted by atomic mass is 10.0. The van der Waals surface area contributed by atoms with Gasteiger partial charge in [-0.2, -0.15) is 4.98 Å². The summed E-state index contributed by atoms with van der Waals surface area (Å²) in [7, 11) is 8.15. The molecule has 18 heavy (non-hydrogen) atoms. The van der Waals surface area contributed by atoms with Crippen molar-refractivity contribution in [3.8, 4) is 0 Å². The molecular formula is C13H25N5. The maximum absolute atomic E-state index is 4.45. The Bertz CT molecular complexity index is 354. The molecule has 0 saturated carbocycles. The molecular weight excluding hydrogens is 226 g/mol. The third kappa shape index (κ3) is 4.14. The van der Waals surface area contributed by atoms with Crippen LogP contribution in [0.15, 0.2) is 12.3 Å². The van der Waals surface area contributed by atoms with E-state index >= 15 is 0 Å². The Morgan fingerprint density at radius 2 is 1.89 bits per heavy atom. The van der Waals surface area contributed by atoms with Gasteiger partial charge >= 0.3 is 0 Å². The molecule has 1 aromatic heterocycles. The molecule has 0 aliphatic rings. The van der Waals surface area contributed by atoms with Crippen molar-refractivity contribution in [1.82, 2.24) is 14.9 Å². The molecule has 102 valence electrons. The predicted octanol–water partition coefficient (Wildman–Crippen LogP) is 1.54. The van der Waals surface area contributed by atoms with Crippen LogP contribution in [0.1, 0.15) is 13.8 Å². The molecule has 5 heteroatoms. The molecule has 0 aliphatic heterocycles. The molecule has 0 unspecified atom stereocenters. The minimum Gasteiger partial charge on any atom is -0.363 e. The fraction of sp³-hybridized carbons (Fsp3) is 0.692. The van der Waals surface area contributed by atoms with Crippen molar-refractivity contribution in [1.29, 1.82) is 0 Å². The van der Waals surface area contributed by atoms with E-state index in [1.165, 1.54) is 0 Å². The van der Waals surface area contributed by atoms with Crippen molar-refractivity contribution in [3.05, 3.63) is 12.3 Å². The molecule has 1 heterocycles. The molecule has 1 atom stereocenters. The second-order valence-corrected chi connectivity index (χ2v) is 5.29. The monoisotopic (exact) mass is 251 g/mol. The van der Waals surface area contributed by atoms with Gasteiger partial charge in [0.25, 0.3) is 0 Å². The highest BCUT2D eigenvalue weighted by Crippen LogP contribution is 2.11. The quantitative estimate of drug-likeness (QED) is 0.831. The second-order valence-electron chi connectivity index (χ2n) is 5.29. The molecule has 0 saturated heterocycles. The Morgan fingerprint density at radius 1 is 1.22 bits per heavy atom. The summed E-state index contributed by atoms with van der Waals surface area (Å²) in [5.74, 6) is 2.19. The number of anilines is 2. The number of rotatable bonds is 6. The summed E-state index contributed by atoms with van der Waals surface area (Å²) in [5.41, 5.74) is 0. The van der Waals surface area contributed by atoms with E-state index in [9.17, 15) is 0 Å². The Labute approximate surface area is 110 Å². The highest BCUT2D eigenvalue weighted by Gasteiger charge is 2.15. The maximum Gasteiger partial charge on any atom is 0.224 e. The molecule has 0 bridgehead atoms. The van der Waals surface area contributed by atoms with Crippen LogP contribution in [0.4, 0.5) is 11.8 Å². The summed E-state index contributed by atoms with van der Waals surface area (Å²) >= 11 is 0. The number of hydrogen-bond acceptors (Lipinski definition) is 5. The zero-order chi connectivity index (χ0) is 13.7. The van der Waals surface area contributed by atoms with Gasteiger partial charge in [-0.15, -0.1) is 0 Å². The van der Waals surface area contributed by atoms with Crippen LogP contribution in [0.25, 0.3) is 0 Å². The third-order valence-electron chi connectivity index (χ3n) is 3.00. The van der Waals surface area contributed by atoms with Gasteiger partial charge < -0.3 is 15.1 Å². The van der Waals surface area contributed by atoms with Crippen molar-refractivity contribution in [2.75, 3.05) is 45.0 Å². The van der Waals surface area contributed by atoms with Gasteiger partial charge in [0, 0.05) is 32.9 Å². The third-order valence-corrected chi connectivity index (χ3v) is 3.00. The van der Waals surface area contributed by atoms with Crippen molar-refractivity contribution in [2.24, 2.45) is 5.92 Å². The summed E-state index contributed by atoms with van der Waals surface area (Å²) in [4.78, 5) is 12.9. The first-order valence-electron chi connectivity index (χ1n) is 6.32. The molecule has 0 radical (unpaired) electrons. The topological polar surface area (TPSA) is 44.3 Å². The highest BCUT2D eigenvalue weighted by molar-refractivity contribution is 5.40. The highest BCUT2D eigenvalue weighted by atomic mass is 15.2. The van der Waals surface area contributed by atoms with Crippen molar-refractivity contribution < 1.29 is 0 Å². The van der Waals surface area contributed by atoms with E-state index in [2.05, 4.69) is 48.1 Å². The van der Waals surface area contributed by atoms with Gasteiger partial charge in [0.1, 0.15) is 5.82 Å². The van der Waals surface area contributed by atoms with Crippen LogP contribution in [0.3, 0.4) is 0 Å². The van der Waals surface area contributed by atoms with E-state index in [1.54, 1.807) is 6.20 Å². The van der Waals surface area contributed by atoms with Gasteiger partial charge in [-0.3, -0.25) is 0 Å². The smallest absolute Gasteiger partial charge is 0.224 e. The van der Waals surface area contributed by atoms with Crippen molar-refractivity contribution in [3.63, 3.8) is 0 Å². The number of nitrogens with zero attached hydrogens (tertiary/aromatic N) is 4. The van der Waals surface area contributed by atoms with Crippen LogP contribution in [-0.4, -0.2) is 55.6 Å². The van der Waals surface area contributed by atoms with E-state index < -0.39 is 0 Å². The molecule has 1 N–H and O–H groups in total. The fourth-order valence-corrected chi connectivity index (χ4v) is 1.89. The van der Waals surface area contributed by atoms with Gasteiger partial charge in [0.05, 0.1) is 0 Å². The molecule has 5 nitrogen and oxygen atoms in total. The number of likely N-dealkylation sites (N-methyl/N-ethyl adjacent to an activating group) is 1. The first kappa shape index (κ1) is 14.7. The minimum atomic E-state index is 0.469. The Hall–Kier alpha value is -1.36. The van der Waals surface area contributed by atoms with Crippen molar-refractivity contribution in [2.45, 2.75) is 19.9 Å². The molecule has 0 fully saturated rings. The van der Waals surface area contributed by atoms with Crippen molar-refractivity contribution >= 4 is 11.8 Å². The molecule has 1 aromatic rings. The summed E-state index contributed by atoms with van der Waals surface area (Å²) < 4.78 is 0. The van der Waals surface area contributed by atoms with E-state index in [0.29, 0.717) is 17.9 Å². The van der Waals surface area contributed by atoms with E-state index in [1.807, 2.05) is 25.1 Å². The van der Waals surface area contributed by atoms with E-state index in [-0.39, 0.29) is 0 Å². The number of aromatic nitrogens is 2. The SMILES string of the molecule is CC(C)[C@H](CNc1nccc(N(C)C)n1)N(C)C. The lowest BCUT2D eigenvalue weighted by molar-refractivity contribution is 0.243. The lowest BCUT2D eigenvalue weighted by Crippen LogP contribution is -2.39. The van der Waals surface area contributed by atoms with Crippen LogP contribution in [0, 0.1) is 5.92 Å². The molecule has 0 aromatic carbocycles. The van der Waals surface area contributed by atoms with E-state index in [0.717, 1.165) is 12.4 Å². The van der Waals surface area contributed by atoms with Crippen LogP contribution >= 0.6 is 0 Å². The van der Waals surface area contributed by atoms with Gasteiger partial charge in [0.15, 0.2) is 0 Å². The summed E-state index contributed by atoms with van der Waals surface area (Å²) in [6, 6.07) is 2.37. The Balaban J connectivity index is 2.65. The maximum atomic E-state index is 4.45. The largest absolute Gasteiger partial charge is 0.363 e. The van der Waals surface area contributed by atoms with Gasteiger partial charge in [-0.1, -0.05) is 13.8 Å². The normalized spacial score (nSPS) is 12.9. The lowest BCUT2D eigenvalue weighted by Gasteiger charge is -2.28. The molecule has 0 spiro atoms. The minimum absolute atomic E-state index is 0.469. The van der Waals surface area contributed by atoms with Gasteiger partial charge in [-0.05, 0) is 26.1 Å². The first-order chi connectivity index (χ1) is 8.41. The average Bonchev–Trinajstić information content (AvgIpc) is 2.28. The van der Waals surface area contributed by atoms with Crippen LogP contribution in [-0.2, 0) is 0 Å². The Morgan fingerprint density at radius 3 is 2.39 bits per heavy atom. The fourth-order valence-electron chi connectivity index (χ4n) is 1.89. The molecule has 0 aliphatic carbocycles. The number of nitrogens with one attached hydrogen (secondary N) is 1. The summed E-state index contributed by atoms with van der Waals surface area (Å²) in [5, 5.41) is 3.31. The standard InChI is InChI=1S/C13H25N5/c1-10(2)11(17(3)4)9-15-13-14-8-7-12(16-13)18(5)6/h7-8,10-11H,9H2,1-6H3,(H,14,15,16)/t11-/m0/s1. The van der Waals surface area contributed by atoms with Gasteiger partial charge in [-0.25, -0.2) is 4.98 Å². The van der Waals surface area contributed by atoms with Gasteiger partial charge in [0.2, 0.25) is 5.95 Å².